The maximum Gasteiger partial charge on any atom is 0.0484 e. The van der Waals surface area contributed by atoms with E-state index >= 15 is 0 Å². The van der Waals surface area contributed by atoms with E-state index in [-0.39, 0.29) is 0 Å². The average Bonchev–Trinajstić information content (AvgIpc) is 2.84. The van der Waals surface area contributed by atoms with E-state index in [4.69, 9.17) is 5.73 Å². The predicted molar refractivity (Wildman–Crippen MR) is 76.3 cm³/mol. The van der Waals surface area contributed by atoms with Gasteiger partial charge in [0.15, 0.2) is 0 Å². The van der Waals surface area contributed by atoms with Crippen molar-refractivity contribution in [3.05, 3.63) is 11.9 Å². The smallest absolute Gasteiger partial charge is 0.0484 e. The van der Waals surface area contributed by atoms with Crippen molar-refractivity contribution in [1.29, 1.82) is 0 Å². The Hall–Kier alpha value is -0.870. The molecule has 0 bridgehead atoms. The van der Waals surface area contributed by atoms with Gasteiger partial charge in [-0.1, -0.05) is 26.7 Å². The molecule has 4 nitrogen and oxygen atoms in total. The van der Waals surface area contributed by atoms with Crippen molar-refractivity contribution in [2.75, 3.05) is 19.8 Å². The second kappa shape index (κ2) is 6.34. The van der Waals surface area contributed by atoms with Gasteiger partial charge in [0.1, 0.15) is 0 Å². The lowest BCUT2D eigenvalue weighted by Crippen LogP contribution is -2.44. The van der Waals surface area contributed by atoms with Gasteiger partial charge in [-0.3, -0.25) is 9.89 Å². The van der Waals surface area contributed by atoms with Crippen molar-refractivity contribution >= 4 is 6.21 Å². The lowest BCUT2D eigenvalue weighted by atomic mass is 9.80. The van der Waals surface area contributed by atoms with Crippen LogP contribution in [-0.2, 0) is 0 Å². The van der Waals surface area contributed by atoms with Crippen LogP contribution in [0.2, 0.25) is 0 Å². The van der Waals surface area contributed by atoms with Crippen LogP contribution in [0.1, 0.15) is 33.1 Å². The minimum atomic E-state index is 0.434. The quantitative estimate of drug-likeness (QED) is 0.778. The summed E-state index contributed by atoms with van der Waals surface area (Å²) in [5, 5.41) is 3.47. The van der Waals surface area contributed by atoms with Crippen molar-refractivity contribution in [2.45, 2.75) is 39.2 Å². The number of hydrogen-bond acceptors (Lipinski definition) is 4. The Balaban J connectivity index is 2.10. The lowest BCUT2D eigenvalue weighted by Gasteiger charge is -2.35. The van der Waals surface area contributed by atoms with Gasteiger partial charge in [-0.05, 0) is 13.0 Å². The molecule has 0 amide bonds. The van der Waals surface area contributed by atoms with Crippen LogP contribution in [0.5, 0.6) is 0 Å². The zero-order chi connectivity index (χ0) is 13.0. The monoisotopic (exact) mass is 250 g/mol. The van der Waals surface area contributed by atoms with Crippen LogP contribution in [0.15, 0.2) is 16.9 Å². The highest BCUT2D eigenvalue weighted by molar-refractivity contribution is 5.64. The Bertz CT molecular complexity index is 324. The van der Waals surface area contributed by atoms with Crippen molar-refractivity contribution in [3.8, 4) is 0 Å². The van der Waals surface area contributed by atoms with Gasteiger partial charge >= 0.3 is 0 Å². The zero-order valence-electron chi connectivity index (χ0n) is 11.6. The Morgan fingerprint density at radius 1 is 1.50 bits per heavy atom. The summed E-state index contributed by atoms with van der Waals surface area (Å²) in [5.74, 6) is 0.942. The average molecular weight is 250 g/mol. The number of likely N-dealkylation sites (N-methyl/N-ethyl adjacent to an activating group) is 1. The minimum absolute atomic E-state index is 0.434. The molecule has 4 heteroatoms. The first-order valence-electron chi connectivity index (χ1n) is 7.21. The van der Waals surface area contributed by atoms with Gasteiger partial charge < -0.3 is 11.1 Å². The molecule has 3 N–H and O–H groups in total. The Morgan fingerprint density at radius 3 is 3.06 bits per heavy atom. The fourth-order valence-electron chi connectivity index (χ4n) is 3.17. The molecule has 2 heterocycles. The summed E-state index contributed by atoms with van der Waals surface area (Å²) in [4.78, 5) is 6.80. The van der Waals surface area contributed by atoms with E-state index in [0.717, 1.165) is 25.5 Å². The van der Waals surface area contributed by atoms with Crippen LogP contribution >= 0.6 is 0 Å². The first-order valence-corrected chi connectivity index (χ1v) is 7.21. The summed E-state index contributed by atoms with van der Waals surface area (Å²) in [6.45, 7) is 7.58. The second-order valence-corrected chi connectivity index (χ2v) is 5.34. The second-order valence-electron chi connectivity index (χ2n) is 5.34. The van der Waals surface area contributed by atoms with Crippen LogP contribution < -0.4 is 11.1 Å². The largest absolute Gasteiger partial charge is 0.401 e. The summed E-state index contributed by atoms with van der Waals surface area (Å²) in [6.07, 6.45) is 7.66. The Kier molecular flexibility index (Phi) is 4.78. The maximum atomic E-state index is 6.23. The SMILES string of the molecule is CCCCC1C=NC=C(N)C1C1CNCN1CC. The van der Waals surface area contributed by atoms with E-state index in [1.54, 1.807) is 0 Å². The van der Waals surface area contributed by atoms with E-state index in [1.807, 2.05) is 6.20 Å². The molecule has 0 aromatic rings. The summed E-state index contributed by atoms with van der Waals surface area (Å²) in [6, 6.07) is 0.528. The molecule has 0 aromatic heterocycles. The third-order valence-electron chi connectivity index (χ3n) is 4.20. The highest BCUT2D eigenvalue weighted by atomic mass is 15.3. The standard InChI is InChI=1S/C14H26N4/c1-3-5-6-11-7-16-8-12(15)14(11)13-9-17-10-18(13)4-2/h7-8,11,13-14,17H,3-6,9-10,15H2,1-2H3. The molecule has 3 atom stereocenters. The summed E-state index contributed by atoms with van der Waals surface area (Å²) in [5.41, 5.74) is 7.19. The van der Waals surface area contributed by atoms with Crippen LogP contribution in [0, 0.1) is 11.8 Å². The van der Waals surface area contributed by atoms with E-state index in [9.17, 15) is 0 Å². The van der Waals surface area contributed by atoms with Gasteiger partial charge in [0.2, 0.25) is 0 Å². The third kappa shape index (κ3) is 2.75. The fourth-order valence-corrected chi connectivity index (χ4v) is 3.17. The van der Waals surface area contributed by atoms with Crippen LogP contribution in [0.4, 0.5) is 0 Å². The molecule has 3 unspecified atom stereocenters. The van der Waals surface area contributed by atoms with Crippen molar-refractivity contribution in [3.63, 3.8) is 0 Å². The highest BCUT2D eigenvalue weighted by Gasteiger charge is 2.37. The van der Waals surface area contributed by atoms with E-state index < -0.39 is 0 Å². The fraction of sp³-hybridized carbons (Fsp3) is 0.786. The molecule has 0 spiro atoms. The number of nitrogens with zero attached hydrogens (tertiary/aromatic N) is 2. The van der Waals surface area contributed by atoms with Gasteiger partial charge in [-0.25, -0.2) is 0 Å². The summed E-state index contributed by atoms with van der Waals surface area (Å²) < 4.78 is 0. The summed E-state index contributed by atoms with van der Waals surface area (Å²) in [7, 11) is 0. The molecule has 1 fully saturated rings. The molecule has 0 aromatic carbocycles. The van der Waals surface area contributed by atoms with Gasteiger partial charge in [0.25, 0.3) is 0 Å². The highest BCUT2D eigenvalue weighted by Crippen LogP contribution is 2.31. The molecule has 2 rings (SSSR count). The maximum absolute atomic E-state index is 6.23. The minimum Gasteiger partial charge on any atom is -0.401 e. The Morgan fingerprint density at radius 2 is 2.33 bits per heavy atom. The molecular formula is C14H26N4. The molecular weight excluding hydrogens is 224 g/mol. The van der Waals surface area contributed by atoms with E-state index in [0.29, 0.717) is 17.9 Å². The van der Waals surface area contributed by atoms with Gasteiger partial charge in [0.05, 0.1) is 0 Å². The lowest BCUT2D eigenvalue weighted by molar-refractivity contribution is 0.195. The van der Waals surface area contributed by atoms with Crippen LogP contribution in [0.25, 0.3) is 0 Å². The molecule has 18 heavy (non-hydrogen) atoms. The first-order chi connectivity index (χ1) is 8.77. The number of nitrogens with one attached hydrogen (secondary N) is 1. The normalized spacial score (nSPS) is 32.8. The Labute approximate surface area is 110 Å². The number of unbranched alkanes of at least 4 members (excludes halogenated alkanes) is 1. The van der Waals surface area contributed by atoms with Crippen LogP contribution in [-0.4, -0.2) is 36.9 Å². The zero-order valence-corrected chi connectivity index (χ0v) is 11.6. The van der Waals surface area contributed by atoms with Gasteiger partial charge in [-0.15, -0.1) is 0 Å². The van der Waals surface area contributed by atoms with Gasteiger partial charge in [0, 0.05) is 49.2 Å². The van der Waals surface area contributed by atoms with Gasteiger partial charge in [-0.2, -0.15) is 0 Å². The van der Waals surface area contributed by atoms with Crippen molar-refractivity contribution in [1.82, 2.24) is 10.2 Å². The molecule has 2 aliphatic heterocycles. The molecule has 0 radical (unpaired) electrons. The van der Waals surface area contributed by atoms with Crippen molar-refractivity contribution < 1.29 is 0 Å². The topological polar surface area (TPSA) is 53.6 Å². The number of rotatable bonds is 5. The number of aliphatic imine (C=N–C) groups is 1. The third-order valence-corrected chi connectivity index (χ3v) is 4.20. The predicted octanol–water partition coefficient (Wildman–Crippen LogP) is 1.54. The first kappa shape index (κ1) is 13.6. The molecule has 0 aliphatic carbocycles. The van der Waals surface area contributed by atoms with Crippen molar-refractivity contribution in [2.24, 2.45) is 22.6 Å². The van der Waals surface area contributed by atoms with E-state index in [1.165, 1.54) is 19.3 Å². The number of hydrogen-bond donors (Lipinski definition) is 2. The van der Waals surface area contributed by atoms with E-state index in [2.05, 4.69) is 35.3 Å². The molecule has 2 aliphatic rings. The molecule has 1 saturated heterocycles. The number of nitrogens with two attached hydrogens (primary N) is 1. The summed E-state index contributed by atoms with van der Waals surface area (Å²) >= 11 is 0. The molecule has 0 saturated carbocycles. The molecule has 102 valence electrons. The van der Waals surface area contributed by atoms with Crippen LogP contribution in [0.3, 0.4) is 0 Å².